The molecule has 2 N–H and O–H groups in total. The zero-order valence-electron chi connectivity index (χ0n) is 10.5. The van der Waals surface area contributed by atoms with Gasteiger partial charge in [0.1, 0.15) is 5.75 Å². The number of pyridine rings is 1. The summed E-state index contributed by atoms with van der Waals surface area (Å²) in [6.07, 6.45) is 0. The lowest BCUT2D eigenvalue weighted by molar-refractivity contribution is 0.267. The van der Waals surface area contributed by atoms with Crippen molar-refractivity contribution in [3.8, 4) is 5.75 Å². The van der Waals surface area contributed by atoms with Gasteiger partial charge >= 0.3 is 0 Å². The molecule has 2 aromatic heterocycles. The fourth-order valence-electron chi connectivity index (χ4n) is 1.73. The number of hydrogen-bond acceptors (Lipinski definition) is 5. The molecule has 0 spiro atoms. The molecule has 0 radical (unpaired) electrons. The van der Waals surface area contributed by atoms with Gasteiger partial charge in [-0.3, -0.25) is 0 Å². The molecule has 3 rings (SSSR count). The largest absolute Gasteiger partial charge is 0.484 e. The fraction of sp³-hybridized carbons (Fsp3) is 0.143. The van der Waals surface area contributed by atoms with E-state index in [1.807, 2.05) is 19.1 Å². The van der Waals surface area contributed by atoms with Crippen LogP contribution in [0.15, 0.2) is 40.8 Å². The lowest BCUT2D eigenvalue weighted by Crippen LogP contribution is -1.95. The fourth-order valence-corrected chi connectivity index (χ4v) is 1.73. The summed E-state index contributed by atoms with van der Waals surface area (Å²) in [6, 6.07) is 10.9. The van der Waals surface area contributed by atoms with Gasteiger partial charge < -0.3 is 14.9 Å². The van der Waals surface area contributed by atoms with Crippen molar-refractivity contribution >= 4 is 16.9 Å². The first-order valence-electron chi connectivity index (χ1n) is 5.92. The second kappa shape index (κ2) is 4.61. The molecule has 0 fully saturated rings. The summed E-state index contributed by atoms with van der Waals surface area (Å²) in [5.41, 5.74) is 8.49. The lowest BCUT2D eigenvalue weighted by Gasteiger charge is -2.02. The Morgan fingerprint density at radius 2 is 1.89 bits per heavy atom. The molecule has 19 heavy (non-hydrogen) atoms. The molecule has 2 heterocycles. The molecule has 0 aliphatic rings. The number of aromatic nitrogens is 2. The minimum absolute atomic E-state index is 0.263. The SMILES string of the molecule is Cc1ccc2oc(COc3ccc(N)cc3)nc2n1. The Labute approximate surface area is 110 Å². The minimum atomic E-state index is 0.263. The molecule has 0 aliphatic heterocycles. The van der Waals surface area contributed by atoms with E-state index in [2.05, 4.69) is 9.97 Å². The van der Waals surface area contributed by atoms with Gasteiger partial charge in [0.05, 0.1) is 0 Å². The van der Waals surface area contributed by atoms with E-state index in [1.54, 1.807) is 24.3 Å². The average Bonchev–Trinajstić information content (AvgIpc) is 2.80. The smallest absolute Gasteiger partial charge is 0.235 e. The predicted molar refractivity (Wildman–Crippen MR) is 71.7 cm³/mol. The predicted octanol–water partition coefficient (Wildman–Crippen LogP) is 2.69. The van der Waals surface area contributed by atoms with Gasteiger partial charge in [0.25, 0.3) is 0 Å². The lowest BCUT2D eigenvalue weighted by atomic mass is 10.3. The molecule has 0 aliphatic carbocycles. The number of aryl methyl sites for hydroxylation is 1. The van der Waals surface area contributed by atoms with Crippen molar-refractivity contribution in [3.63, 3.8) is 0 Å². The molecule has 5 heteroatoms. The molecule has 0 atom stereocenters. The summed E-state index contributed by atoms with van der Waals surface area (Å²) in [4.78, 5) is 8.56. The van der Waals surface area contributed by atoms with Gasteiger partial charge in [0.15, 0.2) is 17.8 Å². The molecule has 0 saturated carbocycles. The Hall–Kier alpha value is -2.56. The van der Waals surface area contributed by atoms with E-state index in [0.29, 0.717) is 22.8 Å². The second-order valence-electron chi connectivity index (χ2n) is 4.24. The van der Waals surface area contributed by atoms with E-state index in [4.69, 9.17) is 14.9 Å². The first kappa shape index (κ1) is 11.5. The van der Waals surface area contributed by atoms with E-state index in [0.717, 1.165) is 11.4 Å². The Kier molecular flexibility index (Phi) is 2.79. The molecule has 0 unspecified atom stereocenters. The van der Waals surface area contributed by atoms with Crippen LogP contribution in [0.4, 0.5) is 5.69 Å². The first-order chi connectivity index (χ1) is 9.20. The van der Waals surface area contributed by atoms with Crippen molar-refractivity contribution in [2.45, 2.75) is 13.5 Å². The Bertz CT molecular complexity index is 704. The van der Waals surface area contributed by atoms with Crippen LogP contribution >= 0.6 is 0 Å². The first-order valence-corrected chi connectivity index (χ1v) is 5.92. The van der Waals surface area contributed by atoms with Crippen LogP contribution in [0.25, 0.3) is 11.2 Å². The number of fused-ring (bicyclic) bond motifs is 1. The highest BCUT2D eigenvalue weighted by molar-refractivity contribution is 5.67. The highest BCUT2D eigenvalue weighted by Crippen LogP contribution is 2.17. The molecule has 0 saturated heterocycles. The van der Waals surface area contributed by atoms with Gasteiger partial charge in [-0.1, -0.05) is 0 Å². The van der Waals surface area contributed by atoms with E-state index in [9.17, 15) is 0 Å². The van der Waals surface area contributed by atoms with Gasteiger partial charge in [-0.25, -0.2) is 4.98 Å². The Morgan fingerprint density at radius 1 is 1.11 bits per heavy atom. The van der Waals surface area contributed by atoms with Gasteiger partial charge in [-0.05, 0) is 43.3 Å². The molecule has 96 valence electrons. The number of nitrogens with zero attached hydrogens (tertiary/aromatic N) is 2. The summed E-state index contributed by atoms with van der Waals surface area (Å²) in [5.74, 6) is 1.23. The summed E-state index contributed by atoms with van der Waals surface area (Å²) >= 11 is 0. The number of hydrogen-bond donors (Lipinski definition) is 1. The van der Waals surface area contributed by atoms with Crippen LogP contribution in [-0.4, -0.2) is 9.97 Å². The molecule has 3 aromatic rings. The van der Waals surface area contributed by atoms with Crippen LogP contribution in [0.3, 0.4) is 0 Å². The molecule has 0 amide bonds. The van der Waals surface area contributed by atoms with Gasteiger partial charge in [0, 0.05) is 11.4 Å². The topological polar surface area (TPSA) is 74.2 Å². The summed E-state index contributed by atoms with van der Waals surface area (Å²) in [5, 5.41) is 0. The molecule has 5 nitrogen and oxygen atoms in total. The van der Waals surface area contributed by atoms with Crippen LogP contribution in [-0.2, 0) is 6.61 Å². The summed E-state index contributed by atoms with van der Waals surface area (Å²) in [7, 11) is 0. The minimum Gasteiger partial charge on any atom is -0.484 e. The highest BCUT2D eigenvalue weighted by Gasteiger charge is 2.07. The van der Waals surface area contributed by atoms with Crippen LogP contribution in [0, 0.1) is 6.92 Å². The monoisotopic (exact) mass is 255 g/mol. The molecule has 1 aromatic carbocycles. The highest BCUT2D eigenvalue weighted by atomic mass is 16.5. The quantitative estimate of drug-likeness (QED) is 0.728. The number of anilines is 1. The summed E-state index contributed by atoms with van der Waals surface area (Å²) in [6.45, 7) is 2.18. The van der Waals surface area contributed by atoms with Crippen molar-refractivity contribution in [2.75, 3.05) is 5.73 Å². The van der Waals surface area contributed by atoms with Crippen molar-refractivity contribution in [1.29, 1.82) is 0 Å². The van der Waals surface area contributed by atoms with Crippen LogP contribution in [0.5, 0.6) is 5.75 Å². The Morgan fingerprint density at radius 3 is 2.68 bits per heavy atom. The third-order valence-corrected chi connectivity index (χ3v) is 2.68. The summed E-state index contributed by atoms with van der Waals surface area (Å²) < 4.78 is 11.1. The van der Waals surface area contributed by atoms with Crippen molar-refractivity contribution in [3.05, 3.63) is 48.0 Å². The third-order valence-electron chi connectivity index (χ3n) is 2.68. The van der Waals surface area contributed by atoms with Crippen molar-refractivity contribution in [2.24, 2.45) is 0 Å². The van der Waals surface area contributed by atoms with Crippen molar-refractivity contribution in [1.82, 2.24) is 9.97 Å². The average molecular weight is 255 g/mol. The second-order valence-corrected chi connectivity index (χ2v) is 4.24. The number of rotatable bonds is 3. The van der Waals surface area contributed by atoms with Crippen LogP contribution in [0.2, 0.25) is 0 Å². The standard InChI is InChI=1S/C14H13N3O2/c1-9-2-7-12-14(16-9)17-13(19-12)8-18-11-5-3-10(15)4-6-11/h2-7H,8,15H2,1H3. The van der Waals surface area contributed by atoms with Gasteiger partial charge in [-0.2, -0.15) is 4.98 Å². The number of nitrogen functional groups attached to an aromatic ring is 1. The normalized spacial score (nSPS) is 10.8. The van der Waals surface area contributed by atoms with E-state index in [-0.39, 0.29) is 6.61 Å². The maximum atomic E-state index is 5.60. The van der Waals surface area contributed by atoms with Crippen LogP contribution in [0.1, 0.15) is 11.6 Å². The molecular formula is C14H13N3O2. The maximum Gasteiger partial charge on any atom is 0.235 e. The number of nitrogens with two attached hydrogens (primary N) is 1. The maximum absolute atomic E-state index is 5.60. The number of oxazole rings is 1. The third kappa shape index (κ3) is 2.49. The van der Waals surface area contributed by atoms with E-state index >= 15 is 0 Å². The van der Waals surface area contributed by atoms with Crippen molar-refractivity contribution < 1.29 is 9.15 Å². The number of ether oxygens (including phenoxy) is 1. The van der Waals surface area contributed by atoms with Gasteiger partial charge in [0.2, 0.25) is 5.89 Å². The molecule has 0 bridgehead atoms. The number of benzene rings is 1. The molecular weight excluding hydrogens is 242 g/mol. The van der Waals surface area contributed by atoms with Crippen LogP contribution < -0.4 is 10.5 Å². The van der Waals surface area contributed by atoms with E-state index in [1.165, 1.54) is 0 Å². The Balaban J connectivity index is 1.76. The van der Waals surface area contributed by atoms with E-state index < -0.39 is 0 Å². The zero-order valence-corrected chi connectivity index (χ0v) is 10.5. The zero-order chi connectivity index (χ0) is 13.2. The van der Waals surface area contributed by atoms with Gasteiger partial charge in [-0.15, -0.1) is 0 Å².